The number of amides is 3. The van der Waals surface area contributed by atoms with Gasteiger partial charge in [-0.2, -0.15) is 0 Å². The van der Waals surface area contributed by atoms with Gasteiger partial charge in [-0.05, 0) is 30.3 Å². The first-order valence-electron chi connectivity index (χ1n) is 6.60. The van der Waals surface area contributed by atoms with Crippen molar-refractivity contribution in [1.82, 2.24) is 15.7 Å². The Hall–Kier alpha value is -3.13. The van der Waals surface area contributed by atoms with Crippen molar-refractivity contribution in [3.8, 4) is 22.9 Å². The maximum atomic E-state index is 12.2. The van der Waals surface area contributed by atoms with E-state index in [0.717, 1.165) is 0 Å². The number of carbonyl (C=O) groups is 2. The minimum atomic E-state index is -0.813. The monoisotopic (exact) mass is 316 g/mol. The third-order valence-corrected chi connectivity index (χ3v) is 3.05. The molecule has 1 aromatic carbocycles. The minimum Gasteiger partial charge on any atom is -0.497 e. The average molecular weight is 316 g/mol. The summed E-state index contributed by atoms with van der Waals surface area (Å²) in [6.07, 6.45) is 0. The number of rotatable bonds is 4. The number of urea groups is 1. The van der Waals surface area contributed by atoms with Crippen LogP contribution in [0.3, 0.4) is 0 Å². The molecule has 120 valence electrons. The van der Waals surface area contributed by atoms with E-state index in [0.29, 0.717) is 22.9 Å². The van der Waals surface area contributed by atoms with Gasteiger partial charge in [0, 0.05) is 11.6 Å². The number of methoxy groups -OCH3 is 2. The normalized spacial score (nSPS) is 9.87. The smallest absolute Gasteiger partial charge is 0.335 e. The van der Waals surface area contributed by atoms with E-state index in [4.69, 9.17) is 15.3 Å². The Morgan fingerprint density at radius 2 is 1.74 bits per heavy atom. The number of hydrogen-bond acceptors (Lipinski definition) is 6. The van der Waals surface area contributed by atoms with Crippen LogP contribution < -0.4 is 26.1 Å². The number of nitrogens with one attached hydrogen (secondary N) is 2. The number of aromatic nitrogens is 1. The molecule has 0 atom stereocenters. The van der Waals surface area contributed by atoms with Crippen molar-refractivity contribution in [3.63, 3.8) is 0 Å². The molecule has 1 aromatic heterocycles. The number of nitrogens with zero attached hydrogens (tertiary/aromatic N) is 1. The predicted octanol–water partition coefficient (Wildman–Crippen LogP) is 1.08. The van der Waals surface area contributed by atoms with E-state index < -0.39 is 11.9 Å². The first-order valence-corrected chi connectivity index (χ1v) is 6.60. The molecule has 0 spiro atoms. The van der Waals surface area contributed by atoms with Crippen molar-refractivity contribution in [2.75, 3.05) is 14.2 Å². The lowest BCUT2D eigenvalue weighted by atomic mass is 10.0. The van der Waals surface area contributed by atoms with Gasteiger partial charge in [0.2, 0.25) is 5.88 Å². The number of nitrogens with two attached hydrogens (primary N) is 1. The number of pyridine rings is 1. The van der Waals surface area contributed by atoms with Crippen molar-refractivity contribution >= 4 is 11.9 Å². The molecule has 0 radical (unpaired) electrons. The average Bonchev–Trinajstić information content (AvgIpc) is 2.61. The summed E-state index contributed by atoms with van der Waals surface area (Å²) in [5.74, 6) is 5.35. The minimum absolute atomic E-state index is 0.208. The Bertz CT molecular complexity index is 716. The molecule has 2 aromatic rings. The van der Waals surface area contributed by atoms with Crippen molar-refractivity contribution < 1.29 is 19.1 Å². The van der Waals surface area contributed by atoms with Gasteiger partial charge in [-0.3, -0.25) is 15.5 Å². The molecule has 0 aliphatic carbocycles. The molecular weight excluding hydrogens is 300 g/mol. The molecule has 23 heavy (non-hydrogen) atoms. The summed E-state index contributed by atoms with van der Waals surface area (Å²) in [7, 11) is 3.03. The van der Waals surface area contributed by atoms with Gasteiger partial charge < -0.3 is 9.47 Å². The SMILES string of the molecule is COc1ccc(-c2nc(OC)ccc2C(=O)NC(=O)NN)cc1. The van der Waals surface area contributed by atoms with E-state index in [2.05, 4.69) is 10.3 Å². The number of benzene rings is 1. The molecule has 8 heteroatoms. The van der Waals surface area contributed by atoms with Crippen molar-refractivity contribution in [1.29, 1.82) is 0 Å². The topological polar surface area (TPSA) is 116 Å². The van der Waals surface area contributed by atoms with Gasteiger partial charge in [-0.15, -0.1) is 0 Å². The molecule has 4 N–H and O–H groups in total. The van der Waals surface area contributed by atoms with Crippen molar-refractivity contribution in [2.24, 2.45) is 5.84 Å². The van der Waals surface area contributed by atoms with Crippen molar-refractivity contribution in [2.45, 2.75) is 0 Å². The van der Waals surface area contributed by atoms with Gasteiger partial charge in [-0.25, -0.2) is 15.6 Å². The molecular formula is C15H16N4O4. The van der Waals surface area contributed by atoms with Crippen molar-refractivity contribution in [3.05, 3.63) is 42.0 Å². The summed E-state index contributed by atoms with van der Waals surface area (Å²) < 4.78 is 10.2. The number of ether oxygens (including phenoxy) is 2. The van der Waals surface area contributed by atoms with Crippen LogP contribution in [0.15, 0.2) is 36.4 Å². The number of carbonyl (C=O) groups excluding carboxylic acids is 2. The van der Waals surface area contributed by atoms with E-state index in [1.165, 1.54) is 19.2 Å². The maximum Gasteiger partial charge on any atom is 0.335 e. The molecule has 0 aliphatic rings. The summed E-state index contributed by atoms with van der Waals surface area (Å²) in [6, 6.07) is 9.22. The lowest BCUT2D eigenvalue weighted by molar-refractivity contribution is 0.0964. The predicted molar refractivity (Wildman–Crippen MR) is 83.0 cm³/mol. The lowest BCUT2D eigenvalue weighted by Gasteiger charge is -2.11. The second-order valence-corrected chi connectivity index (χ2v) is 4.41. The van der Waals surface area contributed by atoms with Crippen LogP contribution in [0.1, 0.15) is 10.4 Å². The van der Waals surface area contributed by atoms with Crippen LogP contribution in [0.5, 0.6) is 11.6 Å². The second-order valence-electron chi connectivity index (χ2n) is 4.41. The molecule has 0 fully saturated rings. The summed E-state index contributed by atoms with van der Waals surface area (Å²) in [5, 5.41) is 2.10. The molecule has 0 aliphatic heterocycles. The number of hydrogen-bond donors (Lipinski definition) is 3. The van der Waals surface area contributed by atoms with E-state index in [-0.39, 0.29) is 5.56 Å². The zero-order valence-corrected chi connectivity index (χ0v) is 12.6. The zero-order valence-electron chi connectivity index (χ0n) is 12.6. The Kier molecular flexibility index (Phi) is 5.11. The van der Waals surface area contributed by atoms with Crippen LogP contribution in [0, 0.1) is 0 Å². The highest BCUT2D eigenvalue weighted by molar-refractivity contribution is 6.07. The number of imide groups is 1. The third-order valence-electron chi connectivity index (χ3n) is 3.05. The van der Waals surface area contributed by atoms with Gasteiger partial charge in [0.15, 0.2) is 0 Å². The molecule has 2 rings (SSSR count). The summed E-state index contributed by atoms with van der Waals surface area (Å²) >= 11 is 0. The van der Waals surface area contributed by atoms with Crippen LogP contribution in [-0.4, -0.2) is 31.1 Å². The van der Waals surface area contributed by atoms with Crippen LogP contribution >= 0.6 is 0 Å². The van der Waals surface area contributed by atoms with Crippen LogP contribution in [-0.2, 0) is 0 Å². The highest BCUT2D eigenvalue weighted by Gasteiger charge is 2.17. The van der Waals surface area contributed by atoms with E-state index >= 15 is 0 Å². The summed E-state index contributed by atoms with van der Waals surface area (Å²) in [4.78, 5) is 27.7. The quantitative estimate of drug-likeness (QED) is 0.441. The van der Waals surface area contributed by atoms with Gasteiger partial charge in [-0.1, -0.05) is 0 Å². The van der Waals surface area contributed by atoms with Crippen LogP contribution in [0.4, 0.5) is 4.79 Å². The van der Waals surface area contributed by atoms with E-state index in [9.17, 15) is 9.59 Å². The fourth-order valence-corrected chi connectivity index (χ4v) is 1.91. The Labute approximate surface area is 132 Å². The molecule has 0 saturated carbocycles. The molecule has 3 amide bonds. The van der Waals surface area contributed by atoms with Gasteiger partial charge in [0.25, 0.3) is 5.91 Å². The van der Waals surface area contributed by atoms with Gasteiger partial charge in [0.05, 0.1) is 25.5 Å². The van der Waals surface area contributed by atoms with E-state index in [1.807, 2.05) is 5.43 Å². The molecule has 8 nitrogen and oxygen atoms in total. The fourth-order valence-electron chi connectivity index (χ4n) is 1.91. The fraction of sp³-hybridized carbons (Fsp3) is 0.133. The number of hydrazine groups is 1. The molecule has 0 unspecified atom stereocenters. The highest BCUT2D eigenvalue weighted by Crippen LogP contribution is 2.26. The zero-order chi connectivity index (χ0) is 16.8. The second kappa shape index (κ2) is 7.23. The Morgan fingerprint density at radius 1 is 1.04 bits per heavy atom. The molecule has 1 heterocycles. The molecule has 0 bridgehead atoms. The summed E-state index contributed by atoms with van der Waals surface area (Å²) in [5.41, 5.74) is 3.08. The Morgan fingerprint density at radius 3 is 2.30 bits per heavy atom. The third kappa shape index (κ3) is 3.74. The maximum absolute atomic E-state index is 12.2. The standard InChI is InChI=1S/C15H16N4O4/c1-22-10-5-3-9(4-6-10)13-11(7-8-12(17-13)23-2)14(20)18-15(21)19-16/h3-8H,16H2,1-2H3,(H2,18,19,20,21). The highest BCUT2D eigenvalue weighted by atomic mass is 16.5. The first-order chi connectivity index (χ1) is 11.1. The molecule has 0 saturated heterocycles. The van der Waals surface area contributed by atoms with E-state index in [1.54, 1.807) is 31.4 Å². The van der Waals surface area contributed by atoms with Gasteiger partial charge >= 0.3 is 6.03 Å². The van der Waals surface area contributed by atoms with Crippen LogP contribution in [0.2, 0.25) is 0 Å². The first kappa shape index (κ1) is 16.2. The van der Waals surface area contributed by atoms with Gasteiger partial charge in [0.1, 0.15) is 5.75 Å². The Balaban J connectivity index is 2.45. The van der Waals surface area contributed by atoms with Crippen LogP contribution in [0.25, 0.3) is 11.3 Å². The lowest BCUT2D eigenvalue weighted by Crippen LogP contribution is -2.43. The summed E-state index contributed by atoms with van der Waals surface area (Å²) in [6.45, 7) is 0. The largest absolute Gasteiger partial charge is 0.497 e.